The normalized spacial score (nSPS) is 11.8. The third-order valence-electron chi connectivity index (χ3n) is 2.75. The number of benzene rings is 1. The Balaban J connectivity index is 2.37. The standard InChI is InChI=1S/C12H12F3N3O/c1-8-3-5-9(6-4-8)7-18-11(19)17(2)10(16-18)12(13,14)15/h3-6H,7H2,1-2H3. The van der Waals surface area contributed by atoms with E-state index in [1.165, 1.54) is 0 Å². The van der Waals surface area contributed by atoms with Gasteiger partial charge in [-0.3, -0.25) is 4.57 Å². The molecule has 0 atom stereocenters. The van der Waals surface area contributed by atoms with Crippen molar-refractivity contribution in [3.05, 3.63) is 51.7 Å². The van der Waals surface area contributed by atoms with E-state index in [0.29, 0.717) is 4.57 Å². The molecule has 1 aromatic heterocycles. The number of hydrogen-bond donors (Lipinski definition) is 0. The first-order valence-electron chi connectivity index (χ1n) is 5.55. The van der Waals surface area contributed by atoms with E-state index in [2.05, 4.69) is 5.10 Å². The first-order chi connectivity index (χ1) is 8.79. The Hall–Kier alpha value is -2.05. The summed E-state index contributed by atoms with van der Waals surface area (Å²) in [6, 6.07) is 7.16. The lowest BCUT2D eigenvalue weighted by molar-refractivity contribution is -0.147. The Morgan fingerprint density at radius 2 is 1.79 bits per heavy atom. The van der Waals surface area contributed by atoms with Gasteiger partial charge >= 0.3 is 11.9 Å². The lowest BCUT2D eigenvalue weighted by Crippen LogP contribution is -2.24. The van der Waals surface area contributed by atoms with Gasteiger partial charge in [0.05, 0.1) is 6.54 Å². The molecular weight excluding hydrogens is 259 g/mol. The highest BCUT2D eigenvalue weighted by atomic mass is 19.4. The topological polar surface area (TPSA) is 39.8 Å². The summed E-state index contributed by atoms with van der Waals surface area (Å²) in [5, 5.41) is 3.34. The zero-order valence-corrected chi connectivity index (χ0v) is 10.4. The minimum absolute atomic E-state index is 0.0169. The van der Waals surface area contributed by atoms with Crippen LogP contribution < -0.4 is 5.69 Å². The van der Waals surface area contributed by atoms with Gasteiger partial charge in [-0.1, -0.05) is 29.8 Å². The SMILES string of the molecule is Cc1ccc(Cn2nc(C(F)(F)F)n(C)c2=O)cc1. The molecule has 102 valence electrons. The van der Waals surface area contributed by atoms with E-state index in [1.54, 1.807) is 12.1 Å². The maximum absolute atomic E-state index is 12.6. The quantitative estimate of drug-likeness (QED) is 0.837. The van der Waals surface area contributed by atoms with Crippen LogP contribution in [0, 0.1) is 6.92 Å². The van der Waals surface area contributed by atoms with Crippen molar-refractivity contribution >= 4 is 0 Å². The van der Waals surface area contributed by atoms with Gasteiger partial charge in [-0.25, -0.2) is 9.48 Å². The highest BCUT2D eigenvalue weighted by Crippen LogP contribution is 2.26. The molecule has 1 aromatic carbocycles. The largest absolute Gasteiger partial charge is 0.451 e. The van der Waals surface area contributed by atoms with Gasteiger partial charge in [0, 0.05) is 7.05 Å². The van der Waals surface area contributed by atoms with Crippen LogP contribution in [0.4, 0.5) is 13.2 Å². The van der Waals surface area contributed by atoms with E-state index < -0.39 is 17.7 Å². The Labute approximate surface area is 107 Å². The van der Waals surface area contributed by atoms with Gasteiger partial charge in [0.1, 0.15) is 0 Å². The molecule has 19 heavy (non-hydrogen) atoms. The van der Waals surface area contributed by atoms with Gasteiger partial charge in [-0.15, -0.1) is 5.10 Å². The molecule has 7 heteroatoms. The summed E-state index contributed by atoms with van der Waals surface area (Å²) in [5.74, 6) is -1.19. The van der Waals surface area contributed by atoms with Crippen LogP contribution in [0.15, 0.2) is 29.1 Å². The van der Waals surface area contributed by atoms with E-state index in [0.717, 1.165) is 22.9 Å². The maximum atomic E-state index is 12.6. The van der Waals surface area contributed by atoms with Crippen LogP contribution in [0.2, 0.25) is 0 Å². The van der Waals surface area contributed by atoms with Gasteiger partial charge in [0.25, 0.3) is 0 Å². The maximum Gasteiger partial charge on any atom is 0.451 e. The summed E-state index contributed by atoms with van der Waals surface area (Å²) < 4.78 is 39.1. The summed E-state index contributed by atoms with van der Waals surface area (Å²) in [5.41, 5.74) is 0.973. The number of aryl methyl sites for hydroxylation is 1. The summed E-state index contributed by atoms with van der Waals surface area (Å²) in [6.07, 6.45) is -4.63. The van der Waals surface area contributed by atoms with Gasteiger partial charge in [-0.05, 0) is 12.5 Å². The Kier molecular flexibility index (Phi) is 3.21. The first-order valence-corrected chi connectivity index (χ1v) is 5.55. The molecule has 0 saturated carbocycles. The van der Waals surface area contributed by atoms with Crippen molar-refractivity contribution in [2.75, 3.05) is 0 Å². The first kappa shape index (κ1) is 13.4. The average molecular weight is 271 g/mol. The lowest BCUT2D eigenvalue weighted by atomic mass is 10.1. The van der Waals surface area contributed by atoms with Gasteiger partial charge in [0.2, 0.25) is 5.82 Å². The third-order valence-corrected chi connectivity index (χ3v) is 2.75. The monoisotopic (exact) mass is 271 g/mol. The van der Waals surface area contributed by atoms with Crippen molar-refractivity contribution in [3.63, 3.8) is 0 Å². The van der Waals surface area contributed by atoms with Crippen molar-refractivity contribution in [1.29, 1.82) is 0 Å². The number of nitrogens with zero attached hydrogens (tertiary/aromatic N) is 3. The van der Waals surface area contributed by atoms with Crippen LogP contribution in [-0.4, -0.2) is 14.3 Å². The van der Waals surface area contributed by atoms with Gasteiger partial charge in [0.15, 0.2) is 0 Å². The molecule has 0 radical (unpaired) electrons. The van der Waals surface area contributed by atoms with Gasteiger partial charge in [-0.2, -0.15) is 13.2 Å². The second kappa shape index (κ2) is 4.56. The van der Waals surface area contributed by atoms with Crippen LogP contribution in [0.1, 0.15) is 17.0 Å². The predicted octanol–water partition coefficient (Wildman–Crippen LogP) is 1.96. The highest BCUT2D eigenvalue weighted by Gasteiger charge is 2.37. The Bertz CT molecular complexity index is 638. The molecule has 0 saturated heterocycles. The fourth-order valence-electron chi connectivity index (χ4n) is 1.70. The lowest BCUT2D eigenvalue weighted by Gasteiger charge is -2.02. The zero-order valence-electron chi connectivity index (χ0n) is 10.4. The van der Waals surface area contributed by atoms with Crippen molar-refractivity contribution < 1.29 is 13.2 Å². The molecule has 0 unspecified atom stereocenters. The van der Waals surface area contributed by atoms with Crippen LogP contribution in [0.5, 0.6) is 0 Å². The smallest absolute Gasteiger partial charge is 0.274 e. The fourth-order valence-corrected chi connectivity index (χ4v) is 1.70. The molecule has 2 aromatic rings. The van der Waals surface area contributed by atoms with Crippen molar-refractivity contribution in [2.45, 2.75) is 19.6 Å². The second-order valence-corrected chi connectivity index (χ2v) is 4.31. The van der Waals surface area contributed by atoms with Crippen LogP contribution in [0.25, 0.3) is 0 Å². The van der Waals surface area contributed by atoms with Crippen molar-refractivity contribution in [2.24, 2.45) is 7.05 Å². The molecular formula is C12H12F3N3O. The van der Waals surface area contributed by atoms with Crippen LogP contribution in [-0.2, 0) is 19.8 Å². The van der Waals surface area contributed by atoms with E-state index >= 15 is 0 Å². The van der Waals surface area contributed by atoms with E-state index in [1.807, 2.05) is 19.1 Å². The number of hydrogen-bond acceptors (Lipinski definition) is 2. The van der Waals surface area contributed by atoms with Crippen LogP contribution >= 0.6 is 0 Å². The molecule has 0 bridgehead atoms. The van der Waals surface area contributed by atoms with Crippen molar-refractivity contribution in [3.8, 4) is 0 Å². The molecule has 1 heterocycles. The molecule has 0 fully saturated rings. The minimum Gasteiger partial charge on any atom is -0.274 e. The number of alkyl halides is 3. The van der Waals surface area contributed by atoms with Gasteiger partial charge < -0.3 is 0 Å². The highest BCUT2D eigenvalue weighted by molar-refractivity contribution is 5.21. The van der Waals surface area contributed by atoms with Crippen LogP contribution in [0.3, 0.4) is 0 Å². The summed E-state index contributed by atoms with van der Waals surface area (Å²) in [7, 11) is 1.06. The molecule has 0 aliphatic heterocycles. The molecule has 0 aliphatic carbocycles. The molecule has 2 rings (SSSR count). The van der Waals surface area contributed by atoms with E-state index in [9.17, 15) is 18.0 Å². The fraction of sp³-hybridized carbons (Fsp3) is 0.333. The van der Waals surface area contributed by atoms with Crippen molar-refractivity contribution in [1.82, 2.24) is 14.3 Å². The summed E-state index contributed by atoms with van der Waals surface area (Å²) in [6.45, 7) is 1.92. The average Bonchev–Trinajstić information content (AvgIpc) is 2.60. The summed E-state index contributed by atoms with van der Waals surface area (Å²) in [4.78, 5) is 11.7. The summed E-state index contributed by atoms with van der Waals surface area (Å²) >= 11 is 0. The molecule has 0 amide bonds. The molecule has 0 spiro atoms. The third kappa shape index (κ3) is 2.69. The molecule has 0 aliphatic rings. The molecule has 4 nitrogen and oxygen atoms in total. The number of aromatic nitrogens is 3. The second-order valence-electron chi connectivity index (χ2n) is 4.31. The minimum atomic E-state index is -4.63. The zero-order chi connectivity index (χ0) is 14.2. The Morgan fingerprint density at radius 3 is 2.26 bits per heavy atom. The van der Waals surface area contributed by atoms with E-state index in [-0.39, 0.29) is 6.54 Å². The number of halogens is 3. The molecule has 0 N–H and O–H groups in total. The Morgan fingerprint density at radius 1 is 1.21 bits per heavy atom. The predicted molar refractivity (Wildman–Crippen MR) is 62.8 cm³/mol. The van der Waals surface area contributed by atoms with E-state index in [4.69, 9.17) is 0 Å². The number of rotatable bonds is 2.